The van der Waals surface area contributed by atoms with Crippen LogP contribution in [0.1, 0.15) is 6.92 Å². The number of nitrogens with one attached hydrogen (secondary N) is 1. The van der Waals surface area contributed by atoms with Crippen LogP contribution in [0.2, 0.25) is 0 Å². The molecule has 0 saturated carbocycles. The average molecular weight is 207 g/mol. The van der Waals surface area contributed by atoms with Gasteiger partial charge in [-0.3, -0.25) is 5.10 Å². The highest BCUT2D eigenvalue weighted by molar-refractivity contribution is 5.54. The van der Waals surface area contributed by atoms with Gasteiger partial charge < -0.3 is 4.74 Å². The third kappa shape index (κ3) is 2.12. The predicted molar refractivity (Wildman–Crippen MR) is 52.9 cm³/mol. The summed E-state index contributed by atoms with van der Waals surface area (Å²) in [4.78, 5) is 4.09. The molecule has 1 heterocycles. The van der Waals surface area contributed by atoms with Gasteiger partial charge in [0.1, 0.15) is 5.82 Å². The Morgan fingerprint density at radius 1 is 1.33 bits per heavy atom. The Labute approximate surface area is 86.1 Å². The van der Waals surface area contributed by atoms with Crippen molar-refractivity contribution in [2.75, 3.05) is 6.61 Å². The monoisotopic (exact) mass is 207 g/mol. The van der Waals surface area contributed by atoms with Crippen molar-refractivity contribution in [1.29, 1.82) is 0 Å². The smallest absolute Gasteiger partial charge is 0.335 e. The fraction of sp³-hybridized carbons (Fsp3) is 0.200. The van der Waals surface area contributed by atoms with Gasteiger partial charge in [-0.15, -0.1) is 5.10 Å². The number of hydrogen-bond donors (Lipinski definition) is 1. The second-order valence-corrected chi connectivity index (χ2v) is 2.91. The maximum Gasteiger partial charge on any atom is 0.335 e. The van der Waals surface area contributed by atoms with Gasteiger partial charge in [0.2, 0.25) is 0 Å². The highest BCUT2D eigenvalue weighted by Gasteiger charge is 2.05. The van der Waals surface area contributed by atoms with Crippen LogP contribution in [-0.2, 0) is 0 Å². The topological polar surface area (TPSA) is 50.8 Å². The second-order valence-electron chi connectivity index (χ2n) is 2.91. The average Bonchev–Trinajstić information content (AvgIpc) is 2.68. The first-order chi connectivity index (χ1) is 7.29. The molecular formula is C10H10FN3O. The zero-order valence-electron chi connectivity index (χ0n) is 8.20. The number of H-pyrrole nitrogens is 1. The van der Waals surface area contributed by atoms with E-state index in [2.05, 4.69) is 15.2 Å². The SMILES string of the molecule is CCOc1n[nH]c(-c2ccc(F)cc2)n1. The van der Waals surface area contributed by atoms with Crippen LogP contribution < -0.4 is 4.74 Å². The number of benzene rings is 1. The molecule has 0 amide bonds. The molecule has 2 rings (SSSR count). The zero-order chi connectivity index (χ0) is 10.7. The van der Waals surface area contributed by atoms with Gasteiger partial charge in [0.25, 0.3) is 0 Å². The Kier molecular flexibility index (Phi) is 2.62. The summed E-state index contributed by atoms with van der Waals surface area (Å²) in [5.74, 6) is 0.293. The Morgan fingerprint density at radius 2 is 2.07 bits per heavy atom. The summed E-state index contributed by atoms with van der Waals surface area (Å²) in [6.07, 6.45) is 0. The summed E-state index contributed by atoms with van der Waals surface area (Å²) in [5, 5.41) is 6.57. The minimum atomic E-state index is -0.275. The summed E-state index contributed by atoms with van der Waals surface area (Å²) >= 11 is 0. The van der Waals surface area contributed by atoms with E-state index >= 15 is 0 Å². The lowest BCUT2D eigenvalue weighted by molar-refractivity contribution is 0.314. The van der Waals surface area contributed by atoms with E-state index in [1.165, 1.54) is 12.1 Å². The van der Waals surface area contributed by atoms with Crippen LogP contribution >= 0.6 is 0 Å². The van der Waals surface area contributed by atoms with E-state index in [0.29, 0.717) is 18.4 Å². The summed E-state index contributed by atoms with van der Waals surface area (Å²) < 4.78 is 17.8. The maximum atomic E-state index is 12.7. The molecule has 0 aliphatic rings. The van der Waals surface area contributed by atoms with Crippen LogP contribution in [0, 0.1) is 5.82 Å². The van der Waals surface area contributed by atoms with E-state index in [1.807, 2.05) is 6.92 Å². The van der Waals surface area contributed by atoms with Gasteiger partial charge >= 0.3 is 6.01 Å². The van der Waals surface area contributed by atoms with E-state index in [-0.39, 0.29) is 5.82 Å². The van der Waals surface area contributed by atoms with E-state index in [1.54, 1.807) is 12.1 Å². The second kappa shape index (κ2) is 4.08. The van der Waals surface area contributed by atoms with Crippen molar-refractivity contribution in [3.8, 4) is 17.4 Å². The third-order valence-electron chi connectivity index (χ3n) is 1.86. The number of ether oxygens (including phenoxy) is 1. The summed E-state index contributed by atoms with van der Waals surface area (Å²) in [7, 11) is 0. The first kappa shape index (κ1) is 9.64. The molecule has 0 aliphatic carbocycles. The third-order valence-corrected chi connectivity index (χ3v) is 1.86. The molecule has 4 nitrogen and oxygen atoms in total. The molecular weight excluding hydrogens is 197 g/mol. The number of halogens is 1. The predicted octanol–water partition coefficient (Wildman–Crippen LogP) is 2.01. The van der Waals surface area contributed by atoms with Gasteiger partial charge in [0.05, 0.1) is 6.61 Å². The molecule has 0 atom stereocenters. The van der Waals surface area contributed by atoms with Crippen molar-refractivity contribution in [3.05, 3.63) is 30.1 Å². The van der Waals surface area contributed by atoms with Crippen LogP contribution in [0.3, 0.4) is 0 Å². The molecule has 0 saturated heterocycles. The Balaban J connectivity index is 2.25. The molecule has 0 bridgehead atoms. The molecule has 78 valence electrons. The molecule has 0 fully saturated rings. The van der Waals surface area contributed by atoms with E-state index in [9.17, 15) is 4.39 Å². The van der Waals surface area contributed by atoms with Gasteiger partial charge in [0, 0.05) is 5.56 Å². The van der Waals surface area contributed by atoms with Crippen molar-refractivity contribution in [1.82, 2.24) is 15.2 Å². The van der Waals surface area contributed by atoms with Crippen molar-refractivity contribution < 1.29 is 9.13 Å². The normalized spacial score (nSPS) is 10.3. The van der Waals surface area contributed by atoms with Crippen molar-refractivity contribution in [3.63, 3.8) is 0 Å². The molecule has 1 aromatic carbocycles. The number of aromatic nitrogens is 3. The molecule has 0 radical (unpaired) electrons. The van der Waals surface area contributed by atoms with Crippen molar-refractivity contribution >= 4 is 0 Å². The Morgan fingerprint density at radius 3 is 2.73 bits per heavy atom. The fourth-order valence-electron chi connectivity index (χ4n) is 1.18. The lowest BCUT2D eigenvalue weighted by Gasteiger charge is -1.94. The zero-order valence-corrected chi connectivity index (χ0v) is 8.20. The first-order valence-corrected chi connectivity index (χ1v) is 4.60. The minimum absolute atomic E-state index is 0.275. The largest absolute Gasteiger partial charge is 0.463 e. The molecule has 1 N–H and O–H groups in total. The number of nitrogens with zero attached hydrogens (tertiary/aromatic N) is 2. The first-order valence-electron chi connectivity index (χ1n) is 4.60. The molecule has 0 aliphatic heterocycles. The van der Waals surface area contributed by atoms with E-state index in [0.717, 1.165) is 5.56 Å². The van der Waals surface area contributed by atoms with Crippen LogP contribution in [0.15, 0.2) is 24.3 Å². The molecule has 2 aromatic rings. The van der Waals surface area contributed by atoms with Gasteiger partial charge in [-0.25, -0.2) is 4.39 Å². The lowest BCUT2D eigenvalue weighted by Crippen LogP contribution is -1.92. The summed E-state index contributed by atoms with van der Waals surface area (Å²) in [6, 6.07) is 6.31. The fourth-order valence-corrected chi connectivity index (χ4v) is 1.18. The maximum absolute atomic E-state index is 12.7. The van der Waals surface area contributed by atoms with Crippen molar-refractivity contribution in [2.45, 2.75) is 6.92 Å². The molecule has 5 heteroatoms. The standard InChI is InChI=1S/C10H10FN3O/c1-2-15-10-12-9(13-14-10)7-3-5-8(11)6-4-7/h3-6H,2H2,1H3,(H,12,13,14). The van der Waals surface area contributed by atoms with Gasteiger partial charge in [-0.2, -0.15) is 4.98 Å². The van der Waals surface area contributed by atoms with Gasteiger partial charge in [-0.05, 0) is 31.2 Å². The molecule has 1 aromatic heterocycles. The lowest BCUT2D eigenvalue weighted by atomic mass is 10.2. The molecule has 0 unspecified atom stereocenters. The minimum Gasteiger partial charge on any atom is -0.463 e. The van der Waals surface area contributed by atoms with Crippen molar-refractivity contribution in [2.24, 2.45) is 0 Å². The molecule has 0 spiro atoms. The van der Waals surface area contributed by atoms with E-state index < -0.39 is 0 Å². The van der Waals surface area contributed by atoms with Crippen LogP contribution in [0.4, 0.5) is 4.39 Å². The van der Waals surface area contributed by atoms with Crippen LogP contribution in [-0.4, -0.2) is 21.8 Å². The van der Waals surface area contributed by atoms with Crippen LogP contribution in [0.5, 0.6) is 6.01 Å². The highest BCUT2D eigenvalue weighted by Crippen LogP contribution is 2.16. The number of aromatic amines is 1. The molecule has 15 heavy (non-hydrogen) atoms. The van der Waals surface area contributed by atoms with Gasteiger partial charge in [0.15, 0.2) is 5.82 Å². The number of hydrogen-bond acceptors (Lipinski definition) is 3. The summed E-state index contributed by atoms with van der Waals surface area (Å²) in [6.45, 7) is 2.37. The Hall–Kier alpha value is -1.91. The Bertz CT molecular complexity index is 438. The van der Waals surface area contributed by atoms with Crippen LogP contribution in [0.25, 0.3) is 11.4 Å². The summed E-state index contributed by atoms with van der Waals surface area (Å²) in [5.41, 5.74) is 0.773. The quantitative estimate of drug-likeness (QED) is 0.837. The number of rotatable bonds is 3. The van der Waals surface area contributed by atoms with E-state index in [4.69, 9.17) is 4.74 Å². The van der Waals surface area contributed by atoms with Gasteiger partial charge in [-0.1, -0.05) is 0 Å². The highest BCUT2D eigenvalue weighted by atomic mass is 19.1.